The fraction of sp³-hybridized carbons (Fsp3) is 0.346. The molecule has 36 heavy (non-hydrogen) atoms. The lowest BCUT2D eigenvalue weighted by Gasteiger charge is -2.40. The van der Waals surface area contributed by atoms with Crippen molar-refractivity contribution in [2.75, 3.05) is 44.6 Å². The van der Waals surface area contributed by atoms with Crippen LogP contribution in [0.1, 0.15) is 28.6 Å². The maximum Gasteiger partial charge on any atom is 0.313 e. The Hall–Kier alpha value is -2.75. The fourth-order valence-electron chi connectivity index (χ4n) is 4.68. The van der Waals surface area contributed by atoms with E-state index in [2.05, 4.69) is 56.5 Å². The third-order valence-corrected chi connectivity index (χ3v) is 6.55. The summed E-state index contributed by atoms with van der Waals surface area (Å²) in [6.07, 6.45) is 0. The zero-order valence-corrected chi connectivity index (χ0v) is 22.1. The predicted molar refractivity (Wildman–Crippen MR) is 147 cm³/mol. The van der Waals surface area contributed by atoms with Gasteiger partial charge in [0.1, 0.15) is 11.4 Å². The molecule has 194 valence electrons. The molecule has 2 heterocycles. The SMILES string of the molecule is Cc1cc(NCCN2CCN(C(c3ccccc3)c3ccc(Cl)cc3)CC2)c([N+](=O)[O-])c(C)n1.Cl.O. The van der Waals surface area contributed by atoms with Crippen molar-refractivity contribution in [2.45, 2.75) is 19.9 Å². The van der Waals surface area contributed by atoms with E-state index >= 15 is 0 Å². The summed E-state index contributed by atoms with van der Waals surface area (Å²) in [7, 11) is 0. The van der Waals surface area contributed by atoms with Gasteiger partial charge in [-0.1, -0.05) is 54.1 Å². The van der Waals surface area contributed by atoms with Crippen LogP contribution in [0.25, 0.3) is 0 Å². The molecule has 1 saturated heterocycles. The third-order valence-electron chi connectivity index (χ3n) is 6.29. The summed E-state index contributed by atoms with van der Waals surface area (Å²) < 4.78 is 0. The maximum atomic E-state index is 11.5. The van der Waals surface area contributed by atoms with Gasteiger partial charge < -0.3 is 10.8 Å². The number of nitrogens with one attached hydrogen (secondary N) is 1. The Balaban J connectivity index is 0.00000228. The normalized spacial score (nSPS) is 14.9. The first-order valence-electron chi connectivity index (χ1n) is 11.6. The lowest BCUT2D eigenvalue weighted by atomic mass is 9.96. The zero-order chi connectivity index (χ0) is 24.1. The number of aromatic nitrogens is 1. The van der Waals surface area contributed by atoms with Crippen LogP contribution in [-0.4, -0.2) is 64.5 Å². The molecule has 1 aliphatic rings. The Morgan fingerprint density at radius 2 is 1.64 bits per heavy atom. The summed E-state index contributed by atoms with van der Waals surface area (Å²) in [5.41, 5.74) is 4.32. The third kappa shape index (κ3) is 7.15. The molecule has 3 aromatic rings. The van der Waals surface area contributed by atoms with Crippen molar-refractivity contribution in [3.8, 4) is 0 Å². The summed E-state index contributed by atoms with van der Waals surface area (Å²) in [4.78, 5) is 20.3. The molecule has 4 rings (SSSR count). The van der Waals surface area contributed by atoms with E-state index in [9.17, 15) is 10.1 Å². The van der Waals surface area contributed by atoms with Gasteiger partial charge in [-0.25, -0.2) is 0 Å². The predicted octanol–water partition coefficient (Wildman–Crippen LogP) is 4.68. The number of anilines is 1. The van der Waals surface area contributed by atoms with Crippen LogP contribution in [0.15, 0.2) is 60.7 Å². The Bertz CT molecular complexity index is 1120. The average Bonchev–Trinajstić information content (AvgIpc) is 2.81. The topological polar surface area (TPSA) is 106 Å². The number of rotatable bonds is 8. The molecule has 0 amide bonds. The van der Waals surface area contributed by atoms with Crippen LogP contribution in [0.3, 0.4) is 0 Å². The number of pyridine rings is 1. The standard InChI is InChI=1S/C26H30ClN5O2.ClH.H2O/c1-19-18-24(25(32(33)34)20(2)29-19)28-12-13-30-14-16-31(17-15-30)26(21-6-4-3-5-7-21)22-8-10-23(27)11-9-22;;/h3-11,18,26H,12-17H2,1-2H3,(H,28,29);1H;1H2. The van der Waals surface area contributed by atoms with E-state index in [1.165, 1.54) is 11.1 Å². The number of nitrogens with zero attached hydrogens (tertiary/aromatic N) is 4. The first-order valence-corrected chi connectivity index (χ1v) is 11.9. The van der Waals surface area contributed by atoms with Crippen LogP contribution in [0.5, 0.6) is 0 Å². The van der Waals surface area contributed by atoms with Crippen LogP contribution in [0.2, 0.25) is 5.02 Å². The van der Waals surface area contributed by atoms with E-state index in [-0.39, 0.29) is 34.5 Å². The van der Waals surface area contributed by atoms with Crippen LogP contribution < -0.4 is 5.32 Å². The van der Waals surface area contributed by atoms with Crippen molar-refractivity contribution < 1.29 is 10.4 Å². The summed E-state index contributed by atoms with van der Waals surface area (Å²) in [6.45, 7) is 8.76. The van der Waals surface area contributed by atoms with Crippen LogP contribution >= 0.6 is 24.0 Å². The van der Waals surface area contributed by atoms with Gasteiger partial charge in [-0.15, -0.1) is 12.4 Å². The lowest BCUT2D eigenvalue weighted by Crippen LogP contribution is -2.48. The summed E-state index contributed by atoms with van der Waals surface area (Å²) >= 11 is 6.14. The van der Waals surface area contributed by atoms with E-state index in [1.54, 1.807) is 13.0 Å². The van der Waals surface area contributed by atoms with Gasteiger partial charge >= 0.3 is 5.69 Å². The second-order valence-electron chi connectivity index (χ2n) is 8.67. The molecule has 0 spiro atoms. The van der Waals surface area contributed by atoms with Gasteiger partial charge in [-0.3, -0.25) is 24.9 Å². The minimum Gasteiger partial charge on any atom is -0.412 e. The van der Waals surface area contributed by atoms with Crippen molar-refractivity contribution in [3.63, 3.8) is 0 Å². The van der Waals surface area contributed by atoms with Gasteiger partial charge in [0.25, 0.3) is 0 Å². The van der Waals surface area contributed by atoms with Crippen molar-refractivity contribution in [2.24, 2.45) is 0 Å². The minimum absolute atomic E-state index is 0. The molecule has 2 aromatic carbocycles. The molecule has 0 aliphatic carbocycles. The summed E-state index contributed by atoms with van der Waals surface area (Å²) in [6, 6.07) is 20.6. The number of nitro groups is 1. The van der Waals surface area contributed by atoms with Crippen molar-refractivity contribution in [3.05, 3.63) is 98.3 Å². The molecule has 1 aromatic heterocycles. The van der Waals surface area contributed by atoms with E-state index in [4.69, 9.17) is 11.6 Å². The highest BCUT2D eigenvalue weighted by Crippen LogP contribution is 2.31. The summed E-state index contributed by atoms with van der Waals surface area (Å²) in [5.74, 6) is 0. The Morgan fingerprint density at radius 3 is 2.25 bits per heavy atom. The second kappa shape index (κ2) is 13.5. The first kappa shape index (κ1) is 29.5. The van der Waals surface area contributed by atoms with Crippen LogP contribution in [-0.2, 0) is 0 Å². The maximum absolute atomic E-state index is 11.5. The monoisotopic (exact) mass is 533 g/mol. The molecule has 0 bridgehead atoms. The zero-order valence-electron chi connectivity index (χ0n) is 20.5. The molecule has 3 N–H and O–H groups in total. The molecule has 1 unspecified atom stereocenters. The second-order valence-corrected chi connectivity index (χ2v) is 9.11. The Morgan fingerprint density at radius 1 is 1.03 bits per heavy atom. The number of piperazine rings is 1. The number of benzene rings is 2. The number of hydrogen-bond acceptors (Lipinski definition) is 6. The van der Waals surface area contributed by atoms with E-state index < -0.39 is 0 Å². The fourth-order valence-corrected chi connectivity index (χ4v) is 4.80. The molecule has 0 saturated carbocycles. The Labute approximate surface area is 223 Å². The number of hydrogen-bond donors (Lipinski definition) is 1. The van der Waals surface area contributed by atoms with Gasteiger partial charge in [0, 0.05) is 50.0 Å². The largest absolute Gasteiger partial charge is 0.412 e. The van der Waals surface area contributed by atoms with Crippen LogP contribution in [0.4, 0.5) is 11.4 Å². The highest BCUT2D eigenvalue weighted by molar-refractivity contribution is 6.30. The van der Waals surface area contributed by atoms with Crippen molar-refractivity contribution >= 4 is 35.4 Å². The van der Waals surface area contributed by atoms with E-state index in [0.717, 1.165) is 43.4 Å². The quantitative estimate of drug-likeness (QED) is 0.333. The smallest absolute Gasteiger partial charge is 0.313 e. The molecule has 1 aliphatic heterocycles. The number of halogens is 2. The van der Waals surface area contributed by atoms with Gasteiger partial charge in [0.2, 0.25) is 0 Å². The molecular weight excluding hydrogens is 501 g/mol. The lowest BCUT2D eigenvalue weighted by molar-refractivity contribution is -0.384. The Kier molecular flexibility index (Phi) is 11.1. The van der Waals surface area contributed by atoms with Gasteiger partial charge in [-0.05, 0) is 43.2 Å². The molecule has 1 atom stereocenters. The highest BCUT2D eigenvalue weighted by Gasteiger charge is 2.26. The highest BCUT2D eigenvalue weighted by atomic mass is 35.5. The van der Waals surface area contributed by atoms with Gasteiger partial charge in [-0.2, -0.15) is 0 Å². The first-order chi connectivity index (χ1) is 16.4. The van der Waals surface area contributed by atoms with Gasteiger partial charge in [0.15, 0.2) is 0 Å². The number of aryl methyl sites for hydroxylation is 2. The van der Waals surface area contributed by atoms with Crippen molar-refractivity contribution in [1.29, 1.82) is 0 Å². The van der Waals surface area contributed by atoms with E-state index in [1.807, 2.05) is 25.1 Å². The average molecular weight is 534 g/mol. The molecule has 10 heteroatoms. The minimum atomic E-state index is -0.358. The van der Waals surface area contributed by atoms with Crippen LogP contribution in [0, 0.1) is 24.0 Å². The van der Waals surface area contributed by atoms with E-state index in [0.29, 0.717) is 17.9 Å². The van der Waals surface area contributed by atoms with Gasteiger partial charge in [0.05, 0.1) is 11.0 Å². The molecule has 8 nitrogen and oxygen atoms in total. The molecule has 1 fully saturated rings. The molecular formula is C26H33Cl2N5O3. The summed E-state index contributed by atoms with van der Waals surface area (Å²) in [5, 5.41) is 15.5. The van der Waals surface area contributed by atoms with Crippen molar-refractivity contribution in [1.82, 2.24) is 14.8 Å². The molecule has 0 radical (unpaired) electrons.